The van der Waals surface area contributed by atoms with E-state index in [-0.39, 0.29) is 17.4 Å². The van der Waals surface area contributed by atoms with E-state index in [0.717, 1.165) is 11.1 Å². The number of hydrogen-bond donors (Lipinski definition) is 2. The number of fused-ring (bicyclic) bond motifs is 1. The predicted octanol–water partition coefficient (Wildman–Crippen LogP) is 5.05. The maximum absolute atomic E-state index is 10.8. The third-order valence-corrected chi connectivity index (χ3v) is 4.14. The molecule has 2 N–H and O–H groups in total. The Kier molecular flexibility index (Phi) is 3.87. The summed E-state index contributed by atoms with van der Waals surface area (Å²) in [5, 5.41) is 22.8. The fraction of sp³-hybridized carbons (Fsp3) is 0.200. The Balaban J connectivity index is 2.46. The number of rotatable bonds is 3. The van der Waals surface area contributed by atoms with Gasteiger partial charge in [-0.25, -0.2) is 0 Å². The van der Waals surface area contributed by atoms with Crippen LogP contribution in [0.3, 0.4) is 0 Å². The molecule has 3 aromatic rings. The Morgan fingerprint density at radius 2 is 1.57 bits per heavy atom. The molecule has 0 aliphatic heterocycles. The first kappa shape index (κ1) is 15.2. The molecule has 0 aromatic heterocycles. The third-order valence-electron chi connectivity index (χ3n) is 4.14. The van der Waals surface area contributed by atoms with Crippen LogP contribution in [0.1, 0.15) is 25.3 Å². The molecule has 3 aromatic carbocycles. The smallest absolute Gasteiger partial charge is 0.168 e. The van der Waals surface area contributed by atoms with Crippen LogP contribution in [0.15, 0.2) is 48.5 Å². The topological polar surface area (TPSA) is 49.7 Å². The summed E-state index contributed by atoms with van der Waals surface area (Å²) in [5.41, 5.74) is 2.47. The zero-order valence-corrected chi connectivity index (χ0v) is 13.5. The number of benzene rings is 3. The average Bonchev–Trinajstić information content (AvgIpc) is 2.57. The zero-order valence-electron chi connectivity index (χ0n) is 13.5. The summed E-state index contributed by atoms with van der Waals surface area (Å²) in [4.78, 5) is 0. The molecular formula is C20H20O3. The second-order valence-electron chi connectivity index (χ2n) is 5.89. The van der Waals surface area contributed by atoms with Gasteiger partial charge in [0, 0.05) is 16.3 Å². The van der Waals surface area contributed by atoms with Crippen LogP contribution < -0.4 is 4.74 Å². The Hall–Kier alpha value is -2.68. The van der Waals surface area contributed by atoms with Gasteiger partial charge < -0.3 is 14.9 Å². The lowest BCUT2D eigenvalue weighted by molar-refractivity contribution is 0.364. The van der Waals surface area contributed by atoms with Crippen LogP contribution in [0.2, 0.25) is 0 Å². The molecule has 0 unspecified atom stereocenters. The van der Waals surface area contributed by atoms with Crippen molar-refractivity contribution >= 4 is 10.8 Å². The molecule has 3 heteroatoms. The Morgan fingerprint density at radius 1 is 0.870 bits per heavy atom. The van der Waals surface area contributed by atoms with Crippen molar-refractivity contribution in [1.29, 1.82) is 0 Å². The van der Waals surface area contributed by atoms with Crippen molar-refractivity contribution in [1.82, 2.24) is 0 Å². The normalized spacial score (nSPS) is 11.1. The van der Waals surface area contributed by atoms with E-state index in [1.54, 1.807) is 0 Å². The molecule has 0 amide bonds. The molecular weight excluding hydrogens is 288 g/mol. The molecule has 0 fully saturated rings. The van der Waals surface area contributed by atoms with Gasteiger partial charge in [-0.3, -0.25) is 0 Å². The molecule has 0 bridgehead atoms. The monoisotopic (exact) mass is 308 g/mol. The first-order valence-corrected chi connectivity index (χ1v) is 7.66. The van der Waals surface area contributed by atoms with Crippen LogP contribution in [0, 0.1) is 0 Å². The standard InChI is InChI=1S/C20H20O3/c1-12(2)16-18(21)15-11-7-10-14(13-8-5-4-6-9-13)17(15)19(22)20(16)23-3/h4-12,21-22H,1-3H3. The lowest BCUT2D eigenvalue weighted by Crippen LogP contribution is -1.97. The summed E-state index contributed by atoms with van der Waals surface area (Å²) >= 11 is 0. The molecule has 0 saturated carbocycles. The molecule has 0 aliphatic rings. The van der Waals surface area contributed by atoms with E-state index in [9.17, 15) is 10.2 Å². The van der Waals surface area contributed by atoms with E-state index in [1.165, 1.54) is 7.11 Å². The highest BCUT2D eigenvalue weighted by Crippen LogP contribution is 2.50. The highest BCUT2D eigenvalue weighted by atomic mass is 16.5. The van der Waals surface area contributed by atoms with Gasteiger partial charge >= 0.3 is 0 Å². The minimum atomic E-state index is 0.0284. The molecule has 23 heavy (non-hydrogen) atoms. The molecule has 0 heterocycles. The second-order valence-corrected chi connectivity index (χ2v) is 5.89. The molecule has 0 aliphatic carbocycles. The summed E-state index contributed by atoms with van der Waals surface area (Å²) < 4.78 is 5.41. The quantitative estimate of drug-likeness (QED) is 0.666. The summed E-state index contributed by atoms with van der Waals surface area (Å²) in [6.07, 6.45) is 0. The van der Waals surface area contributed by atoms with Crippen LogP contribution in [0.4, 0.5) is 0 Å². The van der Waals surface area contributed by atoms with E-state index >= 15 is 0 Å². The highest BCUT2D eigenvalue weighted by molar-refractivity contribution is 6.06. The van der Waals surface area contributed by atoms with Crippen LogP contribution in [-0.4, -0.2) is 17.3 Å². The van der Waals surface area contributed by atoms with Gasteiger partial charge in [-0.15, -0.1) is 0 Å². The largest absolute Gasteiger partial charge is 0.507 e. The van der Waals surface area contributed by atoms with Gasteiger partial charge in [-0.1, -0.05) is 62.4 Å². The maximum atomic E-state index is 10.8. The van der Waals surface area contributed by atoms with E-state index in [0.29, 0.717) is 22.1 Å². The predicted molar refractivity (Wildman–Crippen MR) is 93.4 cm³/mol. The SMILES string of the molecule is COc1c(C(C)C)c(O)c2cccc(-c3ccccc3)c2c1O. The lowest BCUT2D eigenvalue weighted by Gasteiger charge is -2.19. The van der Waals surface area contributed by atoms with E-state index in [1.807, 2.05) is 62.4 Å². The van der Waals surface area contributed by atoms with Gasteiger partial charge in [0.2, 0.25) is 0 Å². The van der Waals surface area contributed by atoms with Crippen LogP contribution in [0.25, 0.3) is 21.9 Å². The number of ether oxygens (including phenoxy) is 1. The van der Waals surface area contributed by atoms with Gasteiger partial charge in [-0.05, 0) is 17.0 Å². The Labute approximate surface area is 135 Å². The Bertz CT molecular complexity index is 852. The molecule has 0 spiro atoms. The third kappa shape index (κ3) is 2.38. The summed E-state index contributed by atoms with van der Waals surface area (Å²) in [7, 11) is 1.51. The molecule has 0 saturated heterocycles. The molecule has 0 radical (unpaired) electrons. The number of hydrogen-bond acceptors (Lipinski definition) is 3. The average molecular weight is 308 g/mol. The molecule has 3 rings (SSSR count). The number of phenolic OH excluding ortho intramolecular Hbond substituents is 2. The lowest BCUT2D eigenvalue weighted by atomic mass is 9.91. The minimum absolute atomic E-state index is 0.0284. The zero-order chi connectivity index (χ0) is 16.6. The Morgan fingerprint density at radius 3 is 2.17 bits per heavy atom. The van der Waals surface area contributed by atoms with Gasteiger partial charge in [0.05, 0.1) is 7.11 Å². The first-order chi connectivity index (χ1) is 11.1. The van der Waals surface area contributed by atoms with Crippen molar-refractivity contribution in [3.63, 3.8) is 0 Å². The maximum Gasteiger partial charge on any atom is 0.168 e. The number of methoxy groups -OCH3 is 1. The van der Waals surface area contributed by atoms with Crippen molar-refractivity contribution in [3.8, 4) is 28.4 Å². The minimum Gasteiger partial charge on any atom is -0.507 e. The van der Waals surface area contributed by atoms with Gasteiger partial charge in [-0.2, -0.15) is 0 Å². The van der Waals surface area contributed by atoms with E-state index in [2.05, 4.69) is 0 Å². The number of aromatic hydroxyl groups is 2. The van der Waals surface area contributed by atoms with E-state index < -0.39 is 0 Å². The van der Waals surface area contributed by atoms with Crippen molar-refractivity contribution in [2.24, 2.45) is 0 Å². The molecule has 118 valence electrons. The second kappa shape index (κ2) is 5.84. The van der Waals surface area contributed by atoms with Crippen LogP contribution in [0.5, 0.6) is 17.2 Å². The summed E-state index contributed by atoms with van der Waals surface area (Å²) in [6.45, 7) is 3.92. The fourth-order valence-electron chi connectivity index (χ4n) is 3.10. The first-order valence-electron chi connectivity index (χ1n) is 7.66. The van der Waals surface area contributed by atoms with Gasteiger partial charge in [0.15, 0.2) is 11.5 Å². The van der Waals surface area contributed by atoms with Crippen molar-refractivity contribution < 1.29 is 14.9 Å². The molecule has 3 nitrogen and oxygen atoms in total. The van der Waals surface area contributed by atoms with Crippen molar-refractivity contribution in [3.05, 3.63) is 54.1 Å². The number of phenols is 2. The van der Waals surface area contributed by atoms with Crippen molar-refractivity contribution in [2.45, 2.75) is 19.8 Å². The summed E-state index contributed by atoms with van der Waals surface area (Å²) in [6, 6.07) is 15.5. The van der Waals surface area contributed by atoms with Gasteiger partial charge in [0.25, 0.3) is 0 Å². The van der Waals surface area contributed by atoms with Crippen LogP contribution in [-0.2, 0) is 0 Å². The van der Waals surface area contributed by atoms with Crippen LogP contribution >= 0.6 is 0 Å². The van der Waals surface area contributed by atoms with E-state index in [4.69, 9.17) is 4.74 Å². The highest BCUT2D eigenvalue weighted by Gasteiger charge is 2.23. The van der Waals surface area contributed by atoms with Gasteiger partial charge in [0.1, 0.15) is 5.75 Å². The molecule has 0 atom stereocenters. The van der Waals surface area contributed by atoms with Crippen molar-refractivity contribution in [2.75, 3.05) is 7.11 Å². The summed E-state index contributed by atoms with van der Waals surface area (Å²) in [5.74, 6) is 0.611. The fourth-order valence-corrected chi connectivity index (χ4v) is 3.10.